The summed E-state index contributed by atoms with van der Waals surface area (Å²) in [5, 5.41) is 0. The number of allylic oxidation sites excluding steroid dienone is 3. The number of carbonyl (C=O) groups is 1. The summed E-state index contributed by atoms with van der Waals surface area (Å²) >= 11 is 0. The zero-order valence-corrected chi connectivity index (χ0v) is 14.4. The third kappa shape index (κ3) is 10.5. The van der Waals surface area contributed by atoms with Gasteiger partial charge in [0.05, 0.1) is 7.11 Å². The van der Waals surface area contributed by atoms with Crippen LogP contribution in [0.2, 0.25) is 0 Å². The smallest absolute Gasteiger partial charge is 0.343 e. The van der Waals surface area contributed by atoms with Gasteiger partial charge in [0.15, 0.2) is 6.61 Å². The van der Waals surface area contributed by atoms with Crippen molar-refractivity contribution in [1.82, 2.24) is 0 Å². The van der Waals surface area contributed by atoms with E-state index in [1.807, 2.05) is 45.9 Å². The summed E-state index contributed by atoms with van der Waals surface area (Å²) < 4.78 is 9.76. The van der Waals surface area contributed by atoms with E-state index in [4.69, 9.17) is 4.74 Å². The van der Waals surface area contributed by atoms with Gasteiger partial charge in [-0.05, 0) is 51.0 Å². The second-order valence-corrected chi connectivity index (χ2v) is 4.44. The Kier molecular flexibility index (Phi) is 13.7. The molecule has 22 heavy (non-hydrogen) atoms. The minimum absolute atomic E-state index is 0.0671. The fourth-order valence-corrected chi connectivity index (χ4v) is 1.41. The lowest BCUT2D eigenvalue weighted by atomic mass is 10.0. The number of hydrogen-bond acceptors (Lipinski definition) is 3. The average molecular weight is 304 g/mol. The zero-order chi connectivity index (χ0) is 17.5. The van der Waals surface area contributed by atoms with Gasteiger partial charge in [-0.25, -0.2) is 4.79 Å². The lowest BCUT2D eigenvalue weighted by Crippen LogP contribution is -2.12. The van der Waals surface area contributed by atoms with Crippen LogP contribution in [-0.2, 0) is 9.53 Å². The molecule has 3 heteroatoms. The Morgan fingerprint density at radius 2 is 1.73 bits per heavy atom. The summed E-state index contributed by atoms with van der Waals surface area (Å²) in [4.78, 5) is 10.9. The topological polar surface area (TPSA) is 35.5 Å². The van der Waals surface area contributed by atoms with Crippen LogP contribution >= 0.6 is 0 Å². The van der Waals surface area contributed by atoms with Crippen LogP contribution in [0.4, 0.5) is 0 Å². The molecule has 0 N–H and O–H groups in total. The number of aryl methyl sites for hydroxylation is 1. The average Bonchev–Trinajstić information content (AvgIpc) is 2.46. The quantitative estimate of drug-likeness (QED) is 0.582. The molecule has 0 amide bonds. The maximum atomic E-state index is 10.9. The summed E-state index contributed by atoms with van der Waals surface area (Å²) in [5.41, 5.74) is 3.19. The fourth-order valence-electron chi connectivity index (χ4n) is 1.41. The van der Waals surface area contributed by atoms with E-state index in [9.17, 15) is 4.79 Å². The van der Waals surface area contributed by atoms with Crippen molar-refractivity contribution in [3.05, 3.63) is 61.2 Å². The number of esters is 1. The molecule has 0 aliphatic rings. The van der Waals surface area contributed by atoms with Crippen LogP contribution in [0, 0.1) is 6.92 Å². The molecule has 0 aliphatic heterocycles. The van der Waals surface area contributed by atoms with E-state index in [-0.39, 0.29) is 12.6 Å². The van der Waals surface area contributed by atoms with Gasteiger partial charge in [0.25, 0.3) is 0 Å². The molecule has 1 aromatic rings. The SMILES string of the molecule is C=C(C)c1ccc(OCC(=O)OC)cc1C.C=CC.C=CC. The first kappa shape index (κ1) is 22.0. The van der Waals surface area contributed by atoms with Crippen molar-refractivity contribution in [1.29, 1.82) is 0 Å². The van der Waals surface area contributed by atoms with Crippen LogP contribution in [0.5, 0.6) is 5.75 Å². The number of ether oxygens (including phenoxy) is 2. The highest BCUT2D eigenvalue weighted by Crippen LogP contribution is 2.22. The van der Waals surface area contributed by atoms with Crippen LogP contribution in [0.25, 0.3) is 5.57 Å². The van der Waals surface area contributed by atoms with Gasteiger partial charge < -0.3 is 9.47 Å². The Hall–Kier alpha value is -2.29. The molecule has 0 saturated carbocycles. The summed E-state index contributed by atoms with van der Waals surface area (Å²) in [6.07, 6.45) is 3.50. The molecule has 0 atom stereocenters. The highest BCUT2D eigenvalue weighted by Gasteiger charge is 2.04. The number of carbonyl (C=O) groups excluding carboxylic acids is 1. The monoisotopic (exact) mass is 304 g/mol. The van der Waals surface area contributed by atoms with Gasteiger partial charge in [-0.15, -0.1) is 13.2 Å². The second kappa shape index (κ2) is 13.7. The molecule has 0 aliphatic carbocycles. The predicted octanol–water partition coefficient (Wildman–Crippen LogP) is 4.96. The number of methoxy groups -OCH3 is 1. The molecule has 0 radical (unpaired) electrons. The van der Waals surface area contributed by atoms with E-state index in [1.165, 1.54) is 7.11 Å². The number of rotatable bonds is 4. The molecule has 0 fully saturated rings. The summed E-state index contributed by atoms with van der Waals surface area (Å²) in [6, 6.07) is 5.64. The summed E-state index contributed by atoms with van der Waals surface area (Å²) in [5.74, 6) is 0.273. The minimum atomic E-state index is -0.387. The lowest BCUT2D eigenvalue weighted by Gasteiger charge is -2.09. The molecule has 1 rings (SSSR count). The Morgan fingerprint density at radius 3 is 2.09 bits per heavy atom. The van der Waals surface area contributed by atoms with Gasteiger partial charge >= 0.3 is 5.97 Å². The van der Waals surface area contributed by atoms with Crippen molar-refractivity contribution in [2.24, 2.45) is 0 Å². The summed E-state index contributed by atoms with van der Waals surface area (Å²) in [6.45, 7) is 18.3. The minimum Gasteiger partial charge on any atom is -0.482 e. The van der Waals surface area contributed by atoms with E-state index >= 15 is 0 Å². The van der Waals surface area contributed by atoms with E-state index < -0.39 is 0 Å². The molecular formula is C19H28O3. The molecule has 0 aromatic heterocycles. The van der Waals surface area contributed by atoms with E-state index in [1.54, 1.807) is 12.2 Å². The Morgan fingerprint density at radius 1 is 1.23 bits per heavy atom. The second-order valence-electron chi connectivity index (χ2n) is 4.44. The lowest BCUT2D eigenvalue weighted by molar-refractivity contribution is -0.142. The van der Waals surface area contributed by atoms with E-state index in [0.29, 0.717) is 5.75 Å². The third-order valence-corrected chi connectivity index (χ3v) is 2.24. The van der Waals surface area contributed by atoms with Crippen LogP contribution in [0.1, 0.15) is 31.9 Å². The van der Waals surface area contributed by atoms with Crippen LogP contribution in [0.3, 0.4) is 0 Å². The Balaban J connectivity index is 0. The van der Waals surface area contributed by atoms with Gasteiger partial charge in [0.2, 0.25) is 0 Å². The van der Waals surface area contributed by atoms with E-state index in [2.05, 4.69) is 24.5 Å². The molecule has 122 valence electrons. The highest BCUT2D eigenvalue weighted by molar-refractivity contribution is 5.71. The van der Waals surface area contributed by atoms with Gasteiger partial charge in [-0.1, -0.05) is 30.4 Å². The predicted molar refractivity (Wildman–Crippen MR) is 95.1 cm³/mol. The first-order valence-electron chi connectivity index (χ1n) is 6.98. The first-order chi connectivity index (χ1) is 10.4. The number of benzene rings is 1. The van der Waals surface area contributed by atoms with Crippen LogP contribution < -0.4 is 4.74 Å². The maximum absolute atomic E-state index is 10.9. The Bertz CT molecular complexity index is 481. The molecule has 1 aromatic carbocycles. The van der Waals surface area contributed by atoms with Crippen molar-refractivity contribution >= 4 is 11.5 Å². The molecule has 0 saturated heterocycles. The molecule has 3 nitrogen and oxygen atoms in total. The van der Waals surface area contributed by atoms with Gasteiger partial charge in [-0.3, -0.25) is 0 Å². The Labute approximate surface area is 135 Å². The van der Waals surface area contributed by atoms with Crippen LogP contribution in [-0.4, -0.2) is 19.7 Å². The van der Waals surface area contributed by atoms with Crippen molar-refractivity contribution in [3.8, 4) is 5.75 Å². The van der Waals surface area contributed by atoms with E-state index in [0.717, 1.165) is 16.7 Å². The summed E-state index contributed by atoms with van der Waals surface area (Å²) in [7, 11) is 1.33. The largest absolute Gasteiger partial charge is 0.482 e. The van der Waals surface area contributed by atoms with Crippen molar-refractivity contribution in [2.45, 2.75) is 27.7 Å². The standard InChI is InChI=1S/C13H16O3.2C3H6/c1-9(2)12-6-5-11(7-10(12)3)16-8-13(14)15-4;2*1-3-2/h5-7H,1,8H2,2-4H3;2*3H,1H2,2H3. The zero-order valence-electron chi connectivity index (χ0n) is 14.4. The third-order valence-electron chi connectivity index (χ3n) is 2.24. The van der Waals surface area contributed by atoms with Crippen molar-refractivity contribution < 1.29 is 14.3 Å². The van der Waals surface area contributed by atoms with Crippen LogP contribution in [0.15, 0.2) is 50.1 Å². The fraction of sp³-hybridized carbons (Fsp3) is 0.316. The molecular weight excluding hydrogens is 276 g/mol. The van der Waals surface area contributed by atoms with Gasteiger partial charge in [0, 0.05) is 0 Å². The van der Waals surface area contributed by atoms with Crippen molar-refractivity contribution in [2.75, 3.05) is 13.7 Å². The molecule has 0 bridgehead atoms. The molecule has 0 spiro atoms. The number of hydrogen-bond donors (Lipinski definition) is 0. The van der Waals surface area contributed by atoms with Crippen molar-refractivity contribution in [3.63, 3.8) is 0 Å². The van der Waals surface area contributed by atoms with Gasteiger partial charge in [0.1, 0.15) is 5.75 Å². The normalized spacial score (nSPS) is 8.23. The molecule has 0 heterocycles. The maximum Gasteiger partial charge on any atom is 0.343 e. The molecule has 0 unspecified atom stereocenters. The van der Waals surface area contributed by atoms with Gasteiger partial charge in [-0.2, -0.15) is 0 Å². The highest BCUT2D eigenvalue weighted by atomic mass is 16.6. The first-order valence-corrected chi connectivity index (χ1v) is 6.98.